The molecule has 5 aromatic rings. The molecular weight excluding hydrogens is 1160 g/mol. The Morgan fingerprint density at radius 2 is 0.685 bits per heavy atom. The van der Waals surface area contributed by atoms with Crippen molar-refractivity contribution in [3.63, 3.8) is 0 Å². The van der Waals surface area contributed by atoms with E-state index in [0.717, 1.165) is 31.4 Å². The maximum Gasteiger partial charge on any atom is 0.341 e. The largest absolute Gasteiger partial charge is 0.466 e. The Morgan fingerprint density at radius 3 is 0.989 bits per heavy atom. The summed E-state index contributed by atoms with van der Waals surface area (Å²) in [6, 6.07) is 26.7. The number of rotatable bonds is 30. The molecule has 0 aromatic heterocycles. The molecule has 0 amide bonds. The SMILES string of the molecule is CCCCCCOC(=O)c1ccc(OC(=O)C(C)(COC(=O)c2ccc(C=CC(=O)OC)cc2)COC(=O)c2ccc(C=CC(=O)OC)cc2)cc1OC(=O)C(C)(COC(=O)c1ccc(C=CC(=O)OC)cc1)COC(=O)c1ccc(C=CC(=O)OC)cc1. The van der Waals surface area contributed by atoms with Crippen LogP contribution in [0.15, 0.2) is 140 Å². The van der Waals surface area contributed by atoms with Crippen LogP contribution in [0.3, 0.4) is 0 Å². The average Bonchev–Trinajstić information content (AvgIpc) is 1.27. The normalized spacial score (nSPS) is 12.4. The van der Waals surface area contributed by atoms with Crippen LogP contribution in [-0.4, -0.2) is 127 Å². The maximum atomic E-state index is 14.7. The van der Waals surface area contributed by atoms with Gasteiger partial charge in [-0.3, -0.25) is 9.59 Å². The zero-order chi connectivity index (χ0) is 64.9. The lowest BCUT2D eigenvalue weighted by Crippen LogP contribution is -2.42. The van der Waals surface area contributed by atoms with E-state index in [-0.39, 0.29) is 40.2 Å². The lowest BCUT2D eigenvalue weighted by molar-refractivity contribution is -0.150. The molecule has 0 saturated heterocycles. The van der Waals surface area contributed by atoms with Crippen molar-refractivity contribution in [3.8, 4) is 11.5 Å². The molecule has 0 saturated carbocycles. The van der Waals surface area contributed by atoms with Gasteiger partial charge in [0.1, 0.15) is 54.3 Å². The first-order chi connectivity index (χ1) is 42.6. The van der Waals surface area contributed by atoms with E-state index in [1.165, 1.54) is 194 Å². The number of ether oxygens (including phenoxy) is 11. The van der Waals surface area contributed by atoms with E-state index in [4.69, 9.17) is 33.2 Å². The first kappa shape index (κ1) is 69.0. The van der Waals surface area contributed by atoms with Gasteiger partial charge >= 0.3 is 65.7 Å². The summed E-state index contributed by atoms with van der Waals surface area (Å²) < 4.78 is 58.4. The van der Waals surface area contributed by atoms with Crippen molar-refractivity contribution < 1.29 is 105 Å². The summed E-state index contributed by atoms with van der Waals surface area (Å²) in [6.45, 7) is 1.40. The van der Waals surface area contributed by atoms with Gasteiger partial charge in [-0.25, -0.2) is 43.2 Å². The van der Waals surface area contributed by atoms with E-state index in [2.05, 4.69) is 18.9 Å². The van der Waals surface area contributed by atoms with Crippen molar-refractivity contribution in [3.05, 3.63) is 190 Å². The minimum atomic E-state index is -2.07. The molecule has 0 aliphatic rings. The van der Waals surface area contributed by atoms with Crippen molar-refractivity contribution in [2.45, 2.75) is 46.5 Å². The van der Waals surface area contributed by atoms with Gasteiger partial charge in [0.05, 0.1) is 57.3 Å². The topological polar surface area (TPSA) is 289 Å². The van der Waals surface area contributed by atoms with Gasteiger partial charge < -0.3 is 52.1 Å². The third-order valence-electron chi connectivity index (χ3n) is 12.9. The van der Waals surface area contributed by atoms with E-state index in [1.807, 2.05) is 6.92 Å². The number of unbranched alkanes of at least 4 members (excludes halogenated alkanes) is 3. The average molecular weight is 1220 g/mol. The number of carbonyl (C=O) groups excluding carboxylic acids is 11. The second kappa shape index (κ2) is 34.4. The highest BCUT2D eigenvalue weighted by molar-refractivity contribution is 5.96. The molecule has 0 unspecified atom stereocenters. The van der Waals surface area contributed by atoms with Crippen molar-refractivity contribution >= 4 is 90.0 Å². The summed E-state index contributed by atoms with van der Waals surface area (Å²) in [5.41, 5.74) is -2.19. The van der Waals surface area contributed by atoms with Crippen LogP contribution in [0, 0.1) is 10.8 Å². The van der Waals surface area contributed by atoms with Crippen molar-refractivity contribution in [1.82, 2.24) is 0 Å². The van der Waals surface area contributed by atoms with Crippen LogP contribution in [-0.2, 0) is 71.4 Å². The molecule has 0 aliphatic heterocycles. The highest BCUT2D eigenvalue weighted by atomic mass is 16.6. The minimum Gasteiger partial charge on any atom is -0.466 e. The van der Waals surface area contributed by atoms with Crippen molar-refractivity contribution in [1.29, 1.82) is 0 Å². The summed E-state index contributed by atoms with van der Waals surface area (Å²) in [5.74, 6) is -10.4. The Balaban J connectivity index is 1.48. The fourth-order valence-electron chi connectivity index (χ4n) is 7.45. The quantitative estimate of drug-likeness (QED) is 0.0136. The van der Waals surface area contributed by atoms with Crippen LogP contribution in [0.1, 0.15) is 120 Å². The zero-order valence-corrected chi connectivity index (χ0v) is 49.9. The molecule has 0 N–H and O–H groups in total. The fraction of sp³-hybridized carbons (Fsp3) is 0.269. The minimum absolute atomic E-state index is 0.0186. The highest BCUT2D eigenvalue weighted by Gasteiger charge is 2.42. The van der Waals surface area contributed by atoms with E-state index in [0.29, 0.717) is 28.7 Å². The van der Waals surface area contributed by atoms with Gasteiger partial charge in [-0.1, -0.05) is 74.7 Å². The first-order valence-corrected chi connectivity index (χ1v) is 27.5. The molecule has 0 fully saturated rings. The lowest BCUT2D eigenvalue weighted by Gasteiger charge is -2.27. The van der Waals surface area contributed by atoms with Gasteiger partial charge in [0.15, 0.2) is 0 Å². The molecule has 466 valence electrons. The first-order valence-electron chi connectivity index (χ1n) is 27.5. The molecule has 22 nitrogen and oxygen atoms in total. The van der Waals surface area contributed by atoms with Crippen molar-refractivity contribution in [2.75, 3.05) is 61.5 Å². The summed E-state index contributed by atoms with van der Waals surface area (Å²) >= 11 is 0. The smallest absolute Gasteiger partial charge is 0.341 e. The Hall–Kier alpha value is -10.8. The summed E-state index contributed by atoms with van der Waals surface area (Å²) in [6.07, 6.45) is 13.5. The second-order valence-corrected chi connectivity index (χ2v) is 20.0. The molecule has 89 heavy (non-hydrogen) atoms. The molecule has 5 rings (SSSR count). The Kier molecular flexibility index (Phi) is 26.7. The van der Waals surface area contributed by atoms with E-state index < -0.39 is 109 Å². The third kappa shape index (κ3) is 21.9. The van der Waals surface area contributed by atoms with Crippen LogP contribution in [0.25, 0.3) is 24.3 Å². The number of carbonyl (C=O) groups is 11. The van der Waals surface area contributed by atoms with Crippen LogP contribution >= 0.6 is 0 Å². The Labute approximate surface area is 512 Å². The molecule has 0 spiro atoms. The van der Waals surface area contributed by atoms with Gasteiger partial charge in [0.2, 0.25) is 0 Å². The maximum absolute atomic E-state index is 14.7. The number of hydrogen-bond donors (Lipinski definition) is 0. The van der Waals surface area contributed by atoms with Gasteiger partial charge in [-0.15, -0.1) is 0 Å². The van der Waals surface area contributed by atoms with E-state index in [1.54, 1.807) is 0 Å². The summed E-state index contributed by atoms with van der Waals surface area (Å²) in [7, 11) is 4.86. The molecule has 5 aromatic carbocycles. The molecule has 22 heteroatoms. The van der Waals surface area contributed by atoms with Gasteiger partial charge in [0.25, 0.3) is 0 Å². The predicted molar refractivity (Wildman–Crippen MR) is 319 cm³/mol. The van der Waals surface area contributed by atoms with Gasteiger partial charge in [-0.05, 0) is 127 Å². The summed E-state index contributed by atoms with van der Waals surface area (Å²) in [5, 5.41) is 0. The Morgan fingerprint density at radius 1 is 0.371 bits per heavy atom. The molecule has 0 aliphatic carbocycles. The zero-order valence-electron chi connectivity index (χ0n) is 49.9. The number of hydrogen-bond acceptors (Lipinski definition) is 22. The number of methoxy groups -OCH3 is 4. The van der Waals surface area contributed by atoms with E-state index in [9.17, 15) is 52.7 Å². The molecule has 0 radical (unpaired) electrons. The molecule has 0 heterocycles. The van der Waals surface area contributed by atoms with Crippen LogP contribution in [0.5, 0.6) is 11.5 Å². The number of benzene rings is 5. The predicted octanol–water partition coefficient (Wildman–Crippen LogP) is 9.42. The molecular formula is C67H66O22. The van der Waals surface area contributed by atoms with Crippen molar-refractivity contribution in [2.24, 2.45) is 10.8 Å². The Bertz CT molecular complexity index is 3290. The third-order valence-corrected chi connectivity index (χ3v) is 12.9. The lowest BCUT2D eigenvalue weighted by atomic mass is 9.92. The fourth-order valence-corrected chi connectivity index (χ4v) is 7.45. The van der Waals surface area contributed by atoms with E-state index >= 15 is 0 Å². The second-order valence-electron chi connectivity index (χ2n) is 20.0. The molecule has 0 atom stereocenters. The highest BCUT2D eigenvalue weighted by Crippen LogP contribution is 2.32. The summed E-state index contributed by atoms with van der Waals surface area (Å²) in [4.78, 5) is 144. The van der Waals surface area contributed by atoms with Crippen LogP contribution in [0.2, 0.25) is 0 Å². The molecule has 0 bridgehead atoms. The van der Waals surface area contributed by atoms with Gasteiger partial charge in [-0.2, -0.15) is 0 Å². The monoisotopic (exact) mass is 1220 g/mol. The van der Waals surface area contributed by atoms with Crippen LogP contribution < -0.4 is 9.47 Å². The van der Waals surface area contributed by atoms with Gasteiger partial charge in [0, 0.05) is 30.4 Å². The van der Waals surface area contributed by atoms with Crippen LogP contribution in [0.4, 0.5) is 0 Å². The number of esters is 11. The standard InChI is InChI=1S/C67H66O22/c1-8-9-10-11-38-83-63(76)53-33-32-52(88-64(77)66(2,40-84-59(72)48-24-12-44(13-25-48)20-34-55(68)79-4)41-85-60(73)49-26-14-45(15-27-49)21-35-56(69)80-5)39-54(53)89-65(78)67(3,42-86-61(74)50-28-16-46(17-29-50)22-36-57(70)81-6)43-87-62(75)51-30-18-47(19-31-51)23-37-58(71)82-7/h12-37,39H,8-11,38,40-43H2,1-7H3.